The van der Waals surface area contributed by atoms with E-state index in [1.807, 2.05) is 12.1 Å². The van der Waals surface area contributed by atoms with Crippen molar-refractivity contribution in [2.45, 2.75) is 12.8 Å². The number of aromatic nitrogens is 4. The molecule has 2 aromatic heterocycles. The van der Waals surface area contributed by atoms with Gasteiger partial charge in [0.1, 0.15) is 23.2 Å². The summed E-state index contributed by atoms with van der Waals surface area (Å²) in [6, 6.07) is 12.6. The zero-order valence-electron chi connectivity index (χ0n) is 16.5. The van der Waals surface area contributed by atoms with E-state index in [-0.39, 0.29) is 5.02 Å². The molecule has 0 radical (unpaired) electrons. The van der Waals surface area contributed by atoms with Gasteiger partial charge in [-0.2, -0.15) is 0 Å². The van der Waals surface area contributed by atoms with Crippen molar-refractivity contribution in [2.24, 2.45) is 0 Å². The minimum absolute atomic E-state index is 0.0257. The van der Waals surface area contributed by atoms with Gasteiger partial charge in [0.05, 0.1) is 11.2 Å². The first kappa shape index (κ1) is 19.4. The Bertz CT molecular complexity index is 1230. The van der Waals surface area contributed by atoms with Crippen LogP contribution in [0.5, 0.6) is 0 Å². The SMILES string of the molecule is Fc1ccc(Nc2ncnc3cnc(Nc4ccc(N5CCCC5)cc4)nc23)cc1Cl. The number of anilines is 5. The summed E-state index contributed by atoms with van der Waals surface area (Å²) in [7, 11) is 0. The van der Waals surface area contributed by atoms with Gasteiger partial charge in [0.15, 0.2) is 5.82 Å². The fraction of sp³-hybridized carbons (Fsp3) is 0.182. The number of fused-ring (bicyclic) bond motifs is 1. The van der Waals surface area contributed by atoms with E-state index in [9.17, 15) is 4.39 Å². The molecule has 0 atom stereocenters. The maximum absolute atomic E-state index is 13.4. The molecule has 2 N–H and O–H groups in total. The summed E-state index contributed by atoms with van der Waals surface area (Å²) in [5, 5.41) is 6.37. The molecule has 0 unspecified atom stereocenters. The van der Waals surface area contributed by atoms with Crippen LogP contribution in [0.4, 0.5) is 33.2 Å². The minimum atomic E-state index is -0.482. The lowest BCUT2D eigenvalue weighted by Crippen LogP contribution is -2.17. The standard InChI is InChI=1S/C22H19ClFN7/c23-17-11-15(5-8-18(17)24)28-21-20-19(26-13-27-21)12-25-22(30-20)29-14-3-6-16(7-4-14)31-9-1-2-10-31/h3-8,11-13H,1-2,9-10H2,(H,25,29,30)(H,26,27,28). The monoisotopic (exact) mass is 435 g/mol. The normalized spacial score (nSPS) is 13.5. The highest BCUT2D eigenvalue weighted by molar-refractivity contribution is 6.31. The molecule has 5 rings (SSSR count). The largest absolute Gasteiger partial charge is 0.372 e. The third kappa shape index (κ3) is 4.20. The van der Waals surface area contributed by atoms with Gasteiger partial charge in [0.2, 0.25) is 5.95 Å². The Morgan fingerprint density at radius 3 is 2.45 bits per heavy atom. The lowest BCUT2D eigenvalue weighted by atomic mass is 10.2. The quantitative estimate of drug-likeness (QED) is 0.440. The molecule has 0 amide bonds. The van der Waals surface area contributed by atoms with Crippen LogP contribution in [-0.4, -0.2) is 33.0 Å². The minimum Gasteiger partial charge on any atom is -0.372 e. The third-order valence-electron chi connectivity index (χ3n) is 5.15. The van der Waals surface area contributed by atoms with E-state index < -0.39 is 5.82 Å². The zero-order valence-corrected chi connectivity index (χ0v) is 17.3. The highest BCUT2D eigenvalue weighted by Gasteiger charge is 2.13. The summed E-state index contributed by atoms with van der Waals surface area (Å²) < 4.78 is 13.4. The maximum Gasteiger partial charge on any atom is 0.227 e. The average Bonchev–Trinajstić information content (AvgIpc) is 3.32. The van der Waals surface area contributed by atoms with Crippen molar-refractivity contribution in [1.29, 1.82) is 0 Å². The molecule has 4 aromatic rings. The van der Waals surface area contributed by atoms with E-state index in [1.54, 1.807) is 12.3 Å². The van der Waals surface area contributed by atoms with Gasteiger partial charge in [0, 0.05) is 30.2 Å². The van der Waals surface area contributed by atoms with Gasteiger partial charge in [-0.25, -0.2) is 24.3 Å². The van der Waals surface area contributed by atoms with Crippen molar-refractivity contribution in [2.75, 3.05) is 28.6 Å². The van der Waals surface area contributed by atoms with E-state index in [2.05, 4.69) is 47.6 Å². The van der Waals surface area contributed by atoms with Crippen molar-refractivity contribution in [3.05, 3.63) is 65.8 Å². The average molecular weight is 436 g/mol. The molecule has 31 heavy (non-hydrogen) atoms. The van der Waals surface area contributed by atoms with Crippen LogP contribution in [-0.2, 0) is 0 Å². The topological polar surface area (TPSA) is 78.9 Å². The van der Waals surface area contributed by atoms with Crippen LogP contribution in [0, 0.1) is 5.82 Å². The number of hydrogen-bond donors (Lipinski definition) is 2. The Morgan fingerprint density at radius 1 is 0.903 bits per heavy atom. The van der Waals surface area contributed by atoms with Crippen LogP contribution >= 0.6 is 11.6 Å². The van der Waals surface area contributed by atoms with Crippen molar-refractivity contribution >= 4 is 51.5 Å². The number of nitrogens with zero attached hydrogens (tertiary/aromatic N) is 5. The smallest absolute Gasteiger partial charge is 0.227 e. The first-order valence-corrected chi connectivity index (χ1v) is 10.4. The highest BCUT2D eigenvalue weighted by Crippen LogP contribution is 2.27. The van der Waals surface area contributed by atoms with Crippen LogP contribution in [0.3, 0.4) is 0 Å². The molecule has 0 spiro atoms. The molecule has 9 heteroatoms. The van der Waals surface area contributed by atoms with Gasteiger partial charge >= 0.3 is 0 Å². The van der Waals surface area contributed by atoms with Gasteiger partial charge in [-0.1, -0.05) is 11.6 Å². The van der Waals surface area contributed by atoms with Crippen molar-refractivity contribution in [3.63, 3.8) is 0 Å². The number of benzene rings is 2. The van der Waals surface area contributed by atoms with Crippen LogP contribution in [0.1, 0.15) is 12.8 Å². The molecule has 0 bridgehead atoms. The molecule has 1 aliphatic heterocycles. The summed E-state index contributed by atoms with van der Waals surface area (Å²) in [4.78, 5) is 19.8. The maximum atomic E-state index is 13.4. The number of halogens is 2. The Balaban J connectivity index is 1.40. The molecule has 156 valence electrons. The summed E-state index contributed by atoms with van der Waals surface area (Å²) in [6.45, 7) is 2.21. The van der Waals surface area contributed by atoms with E-state index in [0.29, 0.717) is 28.5 Å². The van der Waals surface area contributed by atoms with Crippen molar-refractivity contribution in [1.82, 2.24) is 19.9 Å². The predicted molar refractivity (Wildman–Crippen MR) is 121 cm³/mol. The molecule has 2 aromatic carbocycles. The predicted octanol–water partition coefficient (Wildman–Crippen LogP) is 5.30. The molecule has 1 saturated heterocycles. The Hall–Kier alpha value is -3.52. The summed E-state index contributed by atoms with van der Waals surface area (Å²) in [5.41, 5.74) is 3.83. The van der Waals surface area contributed by atoms with Crippen LogP contribution < -0.4 is 15.5 Å². The van der Waals surface area contributed by atoms with Gasteiger partial charge in [0.25, 0.3) is 0 Å². The second kappa shape index (κ2) is 8.31. The van der Waals surface area contributed by atoms with E-state index in [4.69, 9.17) is 11.6 Å². The van der Waals surface area contributed by atoms with Crippen molar-refractivity contribution in [3.8, 4) is 0 Å². The van der Waals surface area contributed by atoms with Crippen LogP contribution in [0.2, 0.25) is 5.02 Å². The molecule has 3 heterocycles. The molecule has 0 saturated carbocycles. The fourth-order valence-corrected chi connectivity index (χ4v) is 3.76. The van der Waals surface area contributed by atoms with Crippen molar-refractivity contribution < 1.29 is 4.39 Å². The zero-order chi connectivity index (χ0) is 21.2. The summed E-state index contributed by atoms with van der Waals surface area (Å²) >= 11 is 5.88. The van der Waals surface area contributed by atoms with Crippen LogP contribution in [0.15, 0.2) is 55.0 Å². The number of nitrogens with one attached hydrogen (secondary N) is 2. The first-order valence-electron chi connectivity index (χ1n) is 9.97. The molecular weight excluding hydrogens is 417 g/mol. The number of hydrogen-bond acceptors (Lipinski definition) is 7. The molecule has 1 fully saturated rings. The van der Waals surface area contributed by atoms with Gasteiger partial charge in [-0.05, 0) is 55.3 Å². The molecule has 7 nitrogen and oxygen atoms in total. The lowest BCUT2D eigenvalue weighted by molar-refractivity contribution is 0.628. The van der Waals surface area contributed by atoms with E-state index in [0.717, 1.165) is 18.8 Å². The van der Waals surface area contributed by atoms with Gasteiger partial charge in [-0.3, -0.25) is 0 Å². The number of rotatable bonds is 5. The summed E-state index contributed by atoms with van der Waals surface area (Å²) in [5.74, 6) is 0.420. The Labute approximate surface area is 183 Å². The Morgan fingerprint density at radius 2 is 1.68 bits per heavy atom. The van der Waals surface area contributed by atoms with Gasteiger partial charge < -0.3 is 15.5 Å². The van der Waals surface area contributed by atoms with E-state index in [1.165, 1.54) is 37.0 Å². The molecule has 0 aliphatic carbocycles. The second-order valence-corrected chi connectivity index (χ2v) is 7.68. The molecule has 1 aliphatic rings. The third-order valence-corrected chi connectivity index (χ3v) is 5.44. The van der Waals surface area contributed by atoms with Gasteiger partial charge in [-0.15, -0.1) is 0 Å². The fourth-order valence-electron chi connectivity index (χ4n) is 3.58. The van der Waals surface area contributed by atoms with E-state index >= 15 is 0 Å². The summed E-state index contributed by atoms with van der Waals surface area (Å²) in [6.07, 6.45) is 5.54. The van der Waals surface area contributed by atoms with Crippen LogP contribution in [0.25, 0.3) is 11.0 Å². The Kier molecular flexibility index (Phi) is 5.21. The lowest BCUT2D eigenvalue weighted by Gasteiger charge is -2.17. The molecular formula is C22H19ClFN7. The first-order chi connectivity index (χ1) is 15.2. The highest BCUT2D eigenvalue weighted by atomic mass is 35.5. The second-order valence-electron chi connectivity index (χ2n) is 7.27.